The van der Waals surface area contributed by atoms with Gasteiger partial charge in [-0.05, 0) is 25.0 Å². The molecule has 3 rings (SSSR count). The van der Waals surface area contributed by atoms with Gasteiger partial charge in [-0.2, -0.15) is 0 Å². The number of imidazole rings is 1. The van der Waals surface area contributed by atoms with E-state index in [2.05, 4.69) is 9.97 Å². The lowest BCUT2D eigenvalue weighted by atomic mass is 9.68. The van der Waals surface area contributed by atoms with E-state index in [1.54, 1.807) is 12.1 Å². The third kappa shape index (κ3) is 1.86. The molecule has 3 N–H and O–H groups in total. The van der Waals surface area contributed by atoms with Crippen LogP contribution >= 0.6 is 0 Å². The zero-order valence-corrected chi connectivity index (χ0v) is 11.6. The number of rotatable bonds is 3. The van der Waals surface area contributed by atoms with E-state index < -0.39 is 9.84 Å². The van der Waals surface area contributed by atoms with Crippen LogP contribution < -0.4 is 5.73 Å². The van der Waals surface area contributed by atoms with Crippen LogP contribution in [0.25, 0.3) is 11.0 Å². The molecule has 6 heteroatoms. The van der Waals surface area contributed by atoms with E-state index in [1.807, 2.05) is 6.07 Å². The van der Waals surface area contributed by atoms with Crippen molar-refractivity contribution in [1.29, 1.82) is 0 Å². The monoisotopic (exact) mass is 279 g/mol. The van der Waals surface area contributed by atoms with E-state index in [-0.39, 0.29) is 10.3 Å². The molecule has 0 spiro atoms. The fourth-order valence-corrected chi connectivity index (χ4v) is 3.53. The van der Waals surface area contributed by atoms with Crippen LogP contribution in [-0.4, -0.2) is 31.2 Å². The number of benzene rings is 1. The van der Waals surface area contributed by atoms with Gasteiger partial charge in [-0.15, -0.1) is 0 Å². The highest BCUT2D eigenvalue weighted by molar-refractivity contribution is 7.91. The molecule has 1 heterocycles. The van der Waals surface area contributed by atoms with Crippen LogP contribution in [0.1, 0.15) is 25.1 Å². The number of hydrogen-bond acceptors (Lipinski definition) is 4. The minimum absolute atomic E-state index is 0.0895. The summed E-state index contributed by atoms with van der Waals surface area (Å²) in [5, 5.41) is 0. The van der Waals surface area contributed by atoms with Crippen LogP contribution in [0, 0.1) is 0 Å². The SMILES string of the molecule is CS(=O)(=O)c1cccc2[nH]c(C3(CN)CCC3)nc12. The maximum atomic E-state index is 11.8. The van der Waals surface area contributed by atoms with E-state index in [1.165, 1.54) is 6.26 Å². The van der Waals surface area contributed by atoms with Crippen molar-refractivity contribution in [2.75, 3.05) is 12.8 Å². The van der Waals surface area contributed by atoms with Gasteiger partial charge in [0.25, 0.3) is 0 Å². The molecule has 0 unspecified atom stereocenters. The van der Waals surface area contributed by atoms with Crippen molar-refractivity contribution in [2.45, 2.75) is 29.6 Å². The number of sulfone groups is 1. The number of H-pyrrole nitrogens is 1. The highest BCUT2D eigenvalue weighted by Gasteiger charge is 2.40. The molecule has 1 saturated carbocycles. The second-order valence-corrected chi connectivity index (χ2v) is 7.33. The number of aromatic nitrogens is 2. The molecule has 2 aromatic rings. The molecule has 0 atom stereocenters. The molecule has 1 aliphatic carbocycles. The van der Waals surface area contributed by atoms with Crippen molar-refractivity contribution >= 4 is 20.9 Å². The fraction of sp³-hybridized carbons (Fsp3) is 0.462. The summed E-state index contributed by atoms with van der Waals surface area (Å²) in [5.41, 5.74) is 7.07. The van der Waals surface area contributed by atoms with E-state index in [9.17, 15) is 8.42 Å². The number of fused-ring (bicyclic) bond motifs is 1. The molecule has 0 amide bonds. The zero-order valence-electron chi connectivity index (χ0n) is 10.8. The minimum Gasteiger partial charge on any atom is -0.341 e. The lowest BCUT2D eigenvalue weighted by Gasteiger charge is -2.38. The zero-order chi connectivity index (χ0) is 13.7. The Morgan fingerprint density at radius 3 is 2.68 bits per heavy atom. The largest absolute Gasteiger partial charge is 0.341 e. The van der Waals surface area contributed by atoms with Crippen LogP contribution in [0.2, 0.25) is 0 Å². The van der Waals surface area contributed by atoms with Crippen molar-refractivity contribution < 1.29 is 8.42 Å². The second kappa shape index (κ2) is 4.05. The summed E-state index contributed by atoms with van der Waals surface area (Å²) in [4.78, 5) is 8.05. The number of para-hydroxylation sites is 1. The molecule has 1 fully saturated rings. The van der Waals surface area contributed by atoms with Gasteiger partial charge in [0.2, 0.25) is 0 Å². The Labute approximate surface area is 112 Å². The first-order chi connectivity index (χ1) is 8.96. The van der Waals surface area contributed by atoms with E-state index in [0.717, 1.165) is 30.6 Å². The normalized spacial score (nSPS) is 18.4. The lowest BCUT2D eigenvalue weighted by Crippen LogP contribution is -2.42. The highest BCUT2D eigenvalue weighted by Crippen LogP contribution is 2.42. The van der Waals surface area contributed by atoms with Gasteiger partial charge in [-0.25, -0.2) is 13.4 Å². The standard InChI is InChI=1S/C13H17N3O2S/c1-19(17,18)10-5-2-4-9-11(10)16-12(15-9)13(8-14)6-3-7-13/h2,4-5H,3,6-8,14H2,1H3,(H,15,16). The Balaban J connectivity index is 2.22. The maximum absolute atomic E-state index is 11.8. The number of hydrogen-bond donors (Lipinski definition) is 2. The summed E-state index contributed by atoms with van der Waals surface area (Å²) in [6.45, 7) is 0.543. The average molecular weight is 279 g/mol. The van der Waals surface area contributed by atoms with Crippen LogP contribution in [0.4, 0.5) is 0 Å². The van der Waals surface area contributed by atoms with Crippen molar-refractivity contribution in [3.8, 4) is 0 Å². The molecule has 5 nitrogen and oxygen atoms in total. The van der Waals surface area contributed by atoms with Crippen LogP contribution in [0.3, 0.4) is 0 Å². The molecule has 19 heavy (non-hydrogen) atoms. The van der Waals surface area contributed by atoms with Crippen molar-refractivity contribution in [3.63, 3.8) is 0 Å². The first-order valence-electron chi connectivity index (χ1n) is 6.36. The van der Waals surface area contributed by atoms with Gasteiger partial charge in [0.05, 0.1) is 10.4 Å². The van der Waals surface area contributed by atoms with Crippen molar-refractivity contribution in [1.82, 2.24) is 9.97 Å². The van der Waals surface area contributed by atoms with Gasteiger partial charge in [0, 0.05) is 18.2 Å². The Kier molecular flexibility index (Phi) is 2.69. The lowest BCUT2D eigenvalue weighted by molar-refractivity contribution is 0.240. The molecule has 1 aromatic carbocycles. The quantitative estimate of drug-likeness (QED) is 0.887. The first kappa shape index (κ1) is 12.6. The molecule has 0 bridgehead atoms. The van der Waals surface area contributed by atoms with E-state index >= 15 is 0 Å². The van der Waals surface area contributed by atoms with Gasteiger partial charge in [0.15, 0.2) is 9.84 Å². The van der Waals surface area contributed by atoms with Crippen molar-refractivity contribution in [2.24, 2.45) is 5.73 Å². The van der Waals surface area contributed by atoms with Gasteiger partial charge >= 0.3 is 0 Å². The van der Waals surface area contributed by atoms with Gasteiger partial charge < -0.3 is 10.7 Å². The van der Waals surface area contributed by atoms with Crippen LogP contribution in [-0.2, 0) is 15.3 Å². The summed E-state index contributed by atoms with van der Waals surface area (Å²) in [7, 11) is -3.27. The third-order valence-corrected chi connectivity index (χ3v) is 5.21. The van der Waals surface area contributed by atoms with Crippen LogP contribution in [0.15, 0.2) is 23.1 Å². The molecule has 0 radical (unpaired) electrons. The van der Waals surface area contributed by atoms with Crippen LogP contribution in [0.5, 0.6) is 0 Å². The summed E-state index contributed by atoms with van der Waals surface area (Å²) >= 11 is 0. The van der Waals surface area contributed by atoms with Gasteiger partial charge in [-0.3, -0.25) is 0 Å². The summed E-state index contributed by atoms with van der Waals surface area (Å²) in [6, 6.07) is 5.18. The van der Waals surface area contributed by atoms with Crippen molar-refractivity contribution in [3.05, 3.63) is 24.0 Å². The summed E-state index contributed by atoms with van der Waals surface area (Å²) in [6.07, 6.45) is 4.38. The number of aromatic amines is 1. The topological polar surface area (TPSA) is 88.8 Å². The van der Waals surface area contributed by atoms with Gasteiger partial charge in [0.1, 0.15) is 11.3 Å². The number of nitrogens with one attached hydrogen (secondary N) is 1. The van der Waals surface area contributed by atoms with Gasteiger partial charge in [-0.1, -0.05) is 12.5 Å². The summed E-state index contributed by atoms with van der Waals surface area (Å²) < 4.78 is 23.6. The maximum Gasteiger partial charge on any atom is 0.177 e. The third-order valence-electron chi connectivity index (χ3n) is 4.08. The molecule has 1 aliphatic rings. The molecule has 0 aliphatic heterocycles. The highest BCUT2D eigenvalue weighted by atomic mass is 32.2. The summed E-state index contributed by atoms with van der Waals surface area (Å²) in [5.74, 6) is 0.826. The Morgan fingerprint density at radius 2 is 2.16 bits per heavy atom. The predicted octanol–water partition coefficient (Wildman–Crippen LogP) is 1.35. The molecule has 102 valence electrons. The predicted molar refractivity (Wildman–Crippen MR) is 73.8 cm³/mol. The Hall–Kier alpha value is -1.40. The molecular formula is C13H17N3O2S. The molecule has 1 aromatic heterocycles. The molecule has 0 saturated heterocycles. The number of nitrogens with zero attached hydrogens (tertiary/aromatic N) is 1. The molecular weight excluding hydrogens is 262 g/mol. The Morgan fingerprint density at radius 1 is 1.42 bits per heavy atom. The smallest absolute Gasteiger partial charge is 0.177 e. The number of nitrogens with two attached hydrogens (primary N) is 1. The first-order valence-corrected chi connectivity index (χ1v) is 8.25. The minimum atomic E-state index is -3.27. The fourth-order valence-electron chi connectivity index (χ4n) is 2.70. The Bertz CT molecular complexity index is 724. The second-order valence-electron chi connectivity index (χ2n) is 5.35. The van der Waals surface area contributed by atoms with E-state index in [0.29, 0.717) is 12.1 Å². The average Bonchev–Trinajstić information content (AvgIpc) is 2.70. The van der Waals surface area contributed by atoms with E-state index in [4.69, 9.17) is 5.73 Å².